The fourth-order valence-corrected chi connectivity index (χ4v) is 1.98. The van der Waals surface area contributed by atoms with Crippen LogP contribution in [0.1, 0.15) is 11.6 Å². The fourth-order valence-electron chi connectivity index (χ4n) is 1.44. The number of hydrogen-bond donors (Lipinski definition) is 1. The van der Waals surface area contributed by atoms with E-state index in [2.05, 4.69) is 5.32 Å². The van der Waals surface area contributed by atoms with Crippen LogP contribution in [0, 0.1) is 11.3 Å². The molecular weight excluding hydrogens is 303 g/mol. The Balaban J connectivity index is 2.59. The lowest BCUT2D eigenvalue weighted by atomic mass is 10.1. The van der Waals surface area contributed by atoms with Crippen LogP contribution in [-0.2, 0) is 14.3 Å². The third kappa shape index (κ3) is 5.76. The van der Waals surface area contributed by atoms with Crippen LogP contribution in [0.3, 0.4) is 0 Å². The van der Waals surface area contributed by atoms with Gasteiger partial charge in [0, 0.05) is 17.2 Å². The molecule has 1 amide bonds. The molecule has 1 atom stereocenters. The fraction of sp³-hybridized carbons (Fsp3) is 0.385. The van der Waals surface area contributed by atoms with Crippen LogP contribution in [0.15, 0.2) is 18.2 Å². The van der Waals surface area contributed by atoms with Crippen molar-refractivity contribution in [2.45, 2.75) is 6.04 Å². The van der Waals surface area contributed by atoms with Gasteiger partial charge in [0.25, 0.3) is 0 Å². The van der Waals surface area contributed by atoms with Crippen molar-refractivity contribution in [3.63, 3.8) is 0 Å². The van der Waals surface area contributed by atoms with Crippen molar-refractivity contribution in [1.82, 2.24) is 5.32 Å². The summed E-state index contributed by atoms with van der Waals surface area (Å²) >= 11 is 11.7. The number of hydrogen-bond acceptors (Lipinski definition) is 4. The average molecular weight is 317 g/mol. The number of benzene rings is 1. The van der Waals surface area contributed by atoms with Crippen molar-refractivity contribution < 1.29 is 14.3 Å². The summed E-state index contributed by atoms with van der Waals surface area (Å²) in [6.07, 6.45) is 0. The third-order valence-corrected chi connectivity index (χ3v) is 2.75. The Bertz CT molecular complexity index is 483. The molecule has 1 N–H and O–H groups in total. The summed E-state index contributed by atoms with van der Waals surface area (Å²) in [5.74, 6) is -0.399. The number of amides is 1. The van der Waals surface area contributed by atoms with Gasteiger partial charge in [-0.15, -0.1) is 0 Å². The van der Waals surface area contributed by atoms with Crippen LogP contribution in [0.5, 0.6) is 0 Å². The molecule has 0 aromatic heterocycles. The van der Waals surface area contributed by atoms with E-state index in [9.17, 15) is 4.79 Å². The second-order valence-electron chi connectivity index (χ2n) is 3.88. The summed E-state index contributed by atoms with van der Waals surface area (Å²) in [5, 5.41) is 12.4. The van der Waals surface area contributed by atoms with E-state index in [0.29, 0.717) is 28.8 Å². The number of nitrogens with zero attached hydrogens (tertiary/aromatic N) is 1. The molecule has 108 valence electrons. The van der Waals surface area contributed by atoms with Gasteiger partial charge in [-0.05, 0) is 23.8 Å². The maximum Gasteiger partial charge on any atom is 0.247 e. The quantitative estimate of drug-likeness (QED) is 0.784. The molecule has 0 aliphatic carbocycles. The van der Waals surface area contributed by atoms with Gasteiger partial charge in [-0.1, -0.05) is 23.2 Å². The first kappa shape index (κ1) is 16.7. The highest BCUT2D eigenvalue weighted by atomic mass is 35.5. The second kappa shape index (κ2) is 8.77. The predicted octanol–water partition coefficient (Wildman–Crippen LogP) is 2.34. The standard InChI is InChI=1S/C13H14Cl2N2O3/c1-19-2-3-20-8-13(18)17-12(7-16)9-4-10(14)6-11(15)5-9/h4-6,12H,2-3,8H2,1H3,(H,17,18)/t12-/m1/s1. The van der Waals surface area contributed by atoms with Gasteiger partial charge in [-0.3, -0.25) is 4.79 Å². The van der Waals surface area contributed by atoms with Crippen molar-refractivity contribution in [3.05, 3.63) is 33.8 Å². The summed E-state index contributed by atoms with van der Waals surface area (Å²) in [7, 11) is 1.54. The number of carbonyl (C=O) groups excluding carboxylic acids is 1. The minimum absolute atomic E-state index is 0.143. The summed E-state index contributed by atoms with van der Waals surface area (Å²) in [4.78, 5) is 11.6. The van der Waals surface area contributed by atoms with Crippen LogP contribution in [0.2, 0.25) is 10.0 Å². The molecule has 0 aliphatic heterocycles. The van der Waals surface area contributed by atoms with Crippen LogP contribution in [0.4, 0.5) is 0 Å². The molecule has 0 fully saturated rings. The van der Waals surface area contributed by atoms with Crippen molar-refractivity contribution >= 4 is 29.1 Å². The van der Waals surface area contributed by atoms with Crippen molar-refractivity contribution in [3.8, 4) is 6.07 Å². The Labute approximate surface area is 127 Å². The number of rotatable bonds is 7. The molecule has 20 heavy (non-hydrogen) atoms. The van der Waals surface area contributed by atoms with Crippen LogP contribution < -0.4 is 5.32 Å². The number of ether oxygens (including phenoxy) is 2. The normalized spacial score (nSPS) is 11.7. The van der Waals surface area contributed by atoms with Gasteiger partial charge in [0.05, 0.1) is 19.3 Å². The van der Waals surface area contributed by atoms with E-state index in [4.69, 9.17) is 37.9 Å². The minimum atomic E-state index is -0.829. The second-order valence-corrected chi connectivity index (χ2v) is 4.75. The molecule has 1 rings (SSSR count). The first-order valence-electron chi connectivity index (χ1n) is 5.78. The largest absolute Gasteiger partial charge is 0.382 e. The van der Waals surface area contributed by atoms with Gasteiger partial charge in [0.15, 0.2) is 0 Å². The van der Waals surface area contributed by atoms with Gasteiger partial charge >= 0.3 is 0 Å². The number of nitriles is 1. The molecule has 0 heterocycles. The van der Waals surface area contributed by atoms with Gasteiger partial charge in [-0.25, -0.2) is 0 Å². The summed E-state index contributed by atoms with van der Waals surface area (Å²) < 4.78 is 9.85. The Morgan fingerprint density at radius 3 is 2.55 bits per heavy atom. The monoisotopic (exact) mass is 316 g/mol. The molecule has 0 unspecified atom stereocenters. The molecule has 0 bridgehead atoms. The van der Waals surface area contributed by atoms with Crippen molar-refractivity contribution in [1.29, 1.82) is 5.26 Å². The Morgan fingerprint density at radius 1 is 1.35 bits per heavy atom. The van der Waals surface area contributed by atoms with Crippen molar-refractivity contribution in [2.75, 3.05) is 26.9 Å². The Kier molecular flexibility index (Phi) is 7.34. The highest BCUT2D eigenvalue weighted by Gasteiger charge is 2.15. The summed E-state index contributed by atoms with van der Waals surface area (Å²) in [6, 6.07) is 5.85. The lowest BCUT2D eigenvalue weighted by Gasteiger charge is -2.13. The Morgan fingerprint density at radius 2 is 2.00 bits per heavy atom. The zero-order valence-electron chi connectivity index (χ0n) is 10.9. The molecule has 0 spiro atoms. The third-order valence-electron chi connectivity index (χ3n) is 2.32. The molecule has 0 aliphatic rings. The molecule has 0 saturated carbocycles. The molecule has 0 saturated heterocycles. The lowest BCUT2D eigenvalue weighted by molar-refractivity contribution is -0.126. The van der Waals surface area contributed by atoms with Gasteiger partial charge in [0.1, 0.15) is 12.6 Å². The lowest BCUT2D eigenvalue weighted by Crippen LogP contribution is -2.31. The Hall–Kier alpha value is -1.32. The number of methoxy groups -OCH3 is 1. The molecule has 0 radical (unpaired) electrons. The smallest absolute Gasteiger partial charge is 0.247 e. The van der Waals surface area contributed by atoms with Crippen LogP contribution >= 0.6 is 23.2 Å². The highest BCUT2D eigenvalue weighted by molar-refractivity contribution is 6.34. The van der Waals surface area contributed by atoms with Gasteiger partial charge in [-0.2, -0.15) is 5.26 Å². The van der Waals surface area contributed by atoms with E-state index in [1.54, 1.807) is 18.2 Å². The van der Waals surface area contributed by atoms with E-state index >= 15 is 0 Å². The average Bonchev–Trinajstić information content (AvgIpc) is 2.40. The van der Waals surface area contributed by atoms with Gasteiger partial charge < -0.3 is 14.8 Å². The number of nitrogens with one attached hydrogen (secondary N) is 1. The first-order valence-corrected chi connectivity index (χ1v) is 6.54. The van der Waals surface area contributed by atoms with E-state index < -0.39 is 11.9 Å². The van der Waals surface area contributed by atoms with Gasteiger partial charge in [0.2, 0.25) is 5.91 Å². The topological polar surface area (TPSA) is 71.3 Å². The summed E-state index contributed by atoms with van der Waals surface area (Å²) in [5.41, 5.74) is 0.523. The zero-order valence-corrected chi connectivity index (χ0v) is 12.4. The molecule has 1 aromatic carbocycles. The first-order chi connectivity index (χ1) is 9.56. The maximum absolute atomic E-state index is 11.6. The minimum Gasteiger partial charge on any atom is -0.382 e. The maximum atomic E-state index is 11.6. The van der Waals surface area contributed by atoms with E-state index in [1.165, 1.54) is 7.11 Å². The van der Waals surface area contributed by atoms with E-state index in [0.717, 1.165) is 0 Å². The SMILES string of the molecule is COCCOCC(=O)N[C@H](C#N)c1cc(Cl)cc(Cl)c1. The van der Waals surface area contributed by atoms with Crippen LogP contribution in [-0.4, -0.2) is 32.8 Å². The van der Waals surface area contributed by atoms with Crippen molar-refractivity contribution in [2.24, 2.45) is 0 Å². The molecule has 7 heteroatoms. The zero-order chi connectivity index (χ0) is 15.0. The number of halogens is 2. The summed E-state index contributed by atoms with van der Waals surface area (Å²) in [6.45, 7) is 0.568. The highest BCUT2D eigenvalue weighted by Crippen LogP contribution is 2.23. The molecule has 5 nitrogen and oxygen atoms in total. The van der Waals surface area contributed by atoms with E-state index in [-0.39, 0.29) is 6.61 Å². The van der Waals surface area contributed by atoms with E-state index in [1.807, 2.05) is 6.07 Å². The molecule has 1 aromatic rings. The molecular formula is C13H14Cl2N2O3. The number of carbonyl (C=O) groups is 1. The van der Waals surface area contributed by atoms with Crippen LogP contribution in [0.25, 0.3) is 0 Å². The predicted molar refractivity (Wildman–Crippen MR) is 75.7 cm³/mol.